The molecule has 0 amide bonds. The summed E-state index contributed by atoms with van der Waals surface area (Å²) < 4.78 is 13.8. The van der Waals surface area contributed by atoms with Crippen LogP contribution >= 0.6 is 0 Å². The number of benzene rings is 2. The third kappa shape index (κ3) is 3.31. The van der Waals surface area contributed by atoms with Crippen LogP contribution in [0.25, 0.3) is 0 Å². The summed E-state index contributed by atoms with van der Waals surface area (Å²) in [5.74, 6) is -0.226. The molecule has 0 aliphatic heterocycles. The summed E-state index contributed by atoms with van der Waals surface area (Å²) in [6.45, 7) is 0.944. The van der Waals surface area contributed by atoms with E-state index in [1.165, 1.54) is 12.1 Å². The zero-order valence-corrected chi connectivity index (χ0v) is 12.1. The highest BCUT2D eigenvalue weighted by atomic mass is 19.1. The number of hydrogen-bond donors (Lipinski definition) is 0. The van der Waals surface area contributed by atoms with Crippen LogP contribution in [0.3, 0.4) is 0 Å². The normalized spacial score (nSPS) is 14.3. The number of para-hydroxylation sites is 1. The van der Waals surface area contributed by atoms with Gasteiger partial charge in [0.15, 0.2) is 0 Å². The van der Waals surface area contributed by atoms with E-state index < -0.39 is 0 Å². The third-order valence-electron chi connectivity index (χ3n) is 3.96. The van der Waals surface area contributed by atoms with Gasteiger partial charge in [0.25, 0.3) is 5.69 Å². The molecule has 22 heavy (non-hydrogen) atoms. The second-order valence-electron chi connectivity index (χ2n) is 5.61. The average molecular weight is 300 g/mol. The molecule has 0 atom stereocenters. The van der Waals surface area contributed by atoms with Crippen molar-refractivity contribution in [2.75, 3.05) is 0 Å². The van der Waals surface area contributed by atoms with E-state index in [1.807, 2.05) is 6.07 Å². The molecular formula is C17H17FN2O2. The Bertz CT molecular complexity index is 686. The lowest BCUT2D eigenvalue weighted by Crippen LogP contribution is -2.26. The minimum Gasteiger partial charge on any atom is -0.292 e. The largest absolute Gasteiger partial charge is 0.292 e. The molecule has 0 heterocycles. The van der Waals surface area contributed by atoms with E-state index in [9.17, 15) is 14.5 Å². The van der Waals surface area contributed by atoms with Crippen molar-refractivity contribution in [3.63, 3.8) is 0 Å². The number of halogens is 1. The summed E-state index contributed by atoms with van der Waals surface area (Å²) in [6.07, 6.45) is 2.13. The predicted octanol–water partition coefficient (Wildman–Crippen LogP) is 3.90. The molecule has 114 valence electrons. The van der Waals surface area contributed by atoms with E-state index in [0.717, 1.165) is 12.8 Å². The van der Waals surface area contributed by atoms with Crippen molar-refractivity contribution >= 4 is 5.69 Å². The fraction of sp³-hybridized carbons (Fsp3) is 0.294. The second kappa shape index (κ2) is 6.23. The first-order valence-corrected chi connectivity index (χ1v) is 7.35. The maximum Gasteiger partial charge on any atom is 0.273 e. The van der Waals surface area contributed by atoms with E-state index in [2.05, 4.69) is 4.90 Å². The molecule has 0 spiro atoms. The van der Waals surface area contributed by atoms with Gasteiger partial charge in [-0.25, -0.2) is 4.39 Å². The van der Waals surface area contributed by atoms with Gasteiger partial charge in [-0.2, -0.15) is 0 Å². The van der Waals surface area contributed by atoms with Crippen LogP contribution in [0.15, 0.2) is 48.5 Å². The summed E-state index contributed by atoms with van der Waals surface area (Å²) in [5, 5.41) is 11.1. The van der Waals surface area contributed by atoms with Gasteiger partial charge >= 0.3 is 0 Å². The van der Waals surface area contributed by atoms with Crippen molar-refractivity contribution in [2.45, 2.75) is 32.0 Å². The number of nitrogens with zero attached hydrogens (tertiary/aromatic N) is 2. The van der Waals surface area contributed by atoms with Crippen LogP contribution in [0, 0.1) is 15.9 Å². The maximum atomic E-state index is 13.8. The molecule has 0 unspecified atom stereocenters. The highest BCUT2D eigenvalue weighted by molar-refractivity contribution is 5.39. The Kier molecular flexibility index (Phi) is 4.15. The smallest absolute Gasteiger partial charge is 0.273 e. The molecule has 0 bridgehead atoms. The van der Waals surface area contributed by atoms with Crippen LogP contribution in [0.4, 0.5) is 10.1 Å². The van der Waals surface area contributed by atoms with E-state index in [0.29, 0.717) is 30.3 Å². The molecule has 1 fully saturated rings. The molecule has 0 saturated heterocycles. The Morgan fingerprint density at radius 1 is 1.05 bits per heavy atom. The summed E-state index contributed by atoms with van der Waals surface area (Å²) in [6, 6.07) is 13.8. The number of rotatable bonds is 6. The molecule has 5 heteroatoms. The Morgan fingerprint density at radius 2 is 1.64 bits per heavy atom. The van der Waals surface area contributed by atoms with Gasteiger partial charge in [0, 0.05) is 36.3 Å². The van der Waals surface area contributed by atoms with Gasteiger partial charge in [0.2, 0.25) is 0 Å². The lowest BCUT2D eigenvalue weighted by Gasteiger charge is -2.22. The molecule has 2 aromatic carbocycles. The highest BCUT2D eigenvalue weighted by Gasteiger charge is 2.30. The Labute approximate surface area is 128 Å². The van der Waals surface area contributed by atoms with Crippen LogP contribution in [-0.2, 0) is 13.1 Å². The van der Waals surface area contributed by atoms with E-state index in [4.69, 9.17) is 0 Å². The van der Waals surface area contributed by atoms with Gasteiger partial charge in [-0.05, 0) is 18.9 Å². The molecule has 2 aromatic rings. The molecule has 0 aromatic heterocycles. The van der Waals surface area contributed by atoms with Crippen molar-refractivity contribution in [1.82, 2.24) is 4.90 Å². The number of nitro groups is 1. The lowest BCUT2D eigenvalue weighted by atomic mass is 10.1. The van der Waals surface area contributed by atoms with Gasteiger partial charge in [0.05, 0.1) is 4.92 Å². The first-order chi connectivity index (χ1) is 10.6. The van der Waals surface area contributed by atoms with Crippen molar-refractivity contribution in [2.24, 2.45) is 0 Å². The first kappa shape index (κ1) is 14.7. The van der Waals surface area contributed by atoms with Crippen LogP contribution in [0.2, 0.25) is 0 Å². The van der Waals surface area contributed by atoms with Gasteiger partial charge < -0.3 is 0 Å². The van der Waals surface area contributed by atoms with Crippen LogP contribution in [0.5, 0.6) is 0 Å². The molecular weight excluding hydrogens is 283 g/mol. The standard InChI is InChI=1S/C17H17FN2O2/c18-16-7-3-1-5-13(16)11-19(15-9-10-15)12-14-6-2-4-8-17(14)20(21)22/h1-8,15H,9-12H2. The molecule has 3 rings (SSSR count). The quantitative estimate of drug-likeness (QED) is 0.600. The monoisotopic (exact) mass is 300 g/mol. The Balaban J connectivity index is 1.81. The minimum absolute atomic E-state index is 0.127. The fourth-order valence-corrected chi connectivity index (χ4v) is 2.64. The van der Waals surface area contributed by atoms with Crippen molar-refractivity contribution in [3.05, 3.63) is 75.6 Å². The zero-order chi connectivity index (χ0) is 15.5. The van der Waals surface area contributed by atoms with E-state index in [1.54, 1.807) is 30.3 Å². The van der Waals surface area contributed by atoms with Gasteiger partial charge in [0.1, 0.15) is 5.82 Å². The van der Waals surface area contributed by atoms with E-state index in [-0.39, 0.29) is 16.4 Å². The van der Waals surface area contributed by atoms with Crippen molar-refractivity contribution in [3.8, 4) is 0 Å². The summed E-state index contributed by atoms with van der Waals surface area (Å²) in [4.78, 5) is 12.9. The molecule has 0 radical (unpaired) electrons. The summed E-state index contributed by atoms with van der Waals surface area (Å²) in [5.41, 5.74) is 1.44. The third-order valence-corrected chi connectivity index (χ3v) is 3.96. The predicted molar refractivity (Wildman–Crippen MR) is 81.8 cm³/mol. The average Bonchev–Trinajstić information content (AvgIpc) is 3.34. The van der Waals surface area contributed by atoms with Crippen LogP contribution in [-0.4, -0.2) is 15.9 Å². The Hall–Kier alpha value is -2.27. The molecule has 1 saturated carbocycles. The number of hydrogen-bond acceptors (Lipinski definition) is 3. The number of nitro benzene ring substituents is 1. The summed E-state index contributed by atoms with van der Waals surface area (Å²) >= 11 is 0. The molecule has 1 aliphatic rings. The molecule has 1 aliphatic carbocycles. The molecule has 4 nitrogen and oxygen atoms in total. The van der Waals surface area contributed by atoms with Crippen molar-refractivity contribution in [1.29, 1.82) is 0 Å². The highest BCUT2D eigenvalue weighted by Crippen LogP contribution is 2.31. The van der Waals surface area contributed by atoms with E-state index >= 15 is 0 Å². The van der Waals surface area contributed by atoms with Crippen molar-refractivity contribution < 1.29 is 9.31 Å². The second-order valence-corrected chi connectivity index (χ2v) is 5.61. The minimum atomic E-state index is -0.358. The van der Waals surface area contributed by atoms with Crippen LogP contribution < -0.4 is 0 Å². The summed E-state index contributed by atoms with van der Waals surface area (Å²) in [7, 11) is 0. The SMILES string of the molecule is O=[N+]([O-])c1ccccc1CN(Cc1ccccc1F)C1CC1. The van der Waals surface area contributed by atoms with Gasteiger partial charge in [-0.3, -0.25) is 15.0 Å². The first-order valence-electron chi connectivity index (χ1n) is 7.35. The van der Waals surface area contributed by atoms with Gasteiger partial charge in [-0.15, -0.1) is 0 Å². The zero-order valence-electron chi connectivity index (χ0n) is 12.1. The fourth-order valence-electron chi connectivity index (χ4n) is 2.64. The van der Waals surface area contributed by atoms with Gasteiger partial charge in [-0.1, -0.05) is 36.4 Å². The maximum absolute atomic E-state index is 13.8. The lowest BCUT2D eigenvalue weighted by molar-refractivity contribution is -0.385. The van der Waals surface area contributed by atoms with Crippen LogP contribution in [0.1, 0.15) is 24.0 Å². The topological polar surface area (TPSA) is 46.4 Å². The Morgan fingerprint density at radius 3 is 2.27 bits per heavy atom. The molecule has 0 N–H and O–H groups in total.